The van der Waals surface area contributed by atoms with Crippen LogP contribution in [0.25, 0.3) is 0 Å². The number of amides is 2. The van der Waals surface area contributed by atoms with Crippen LogP contribution >= 0.6 is 27.5 Å². The molecule has 3 rings (SSSR count). The third-order valence-electron chi connectivity index (χ3n) is 4.30. The second-order valence-electron chi connectivity index (χ2n) is 6.52. The van der Waals surface area contributed by atoms with Crippen LogP contribution in [0, 0.1) is 6.92 Å². The van der Waals surface area contributed by atoms with Crippen molar-refractivity contribution in [3.63, 3.8) is 0 Å². The number of nitrogens with zero attached hydrogens (tertiary/aromatic N) is 1. The maximum absolute atomic E-state index is 12.1. The van der Waals surface area contributed by atoms with Crippen LogP contribution < -0.4 is 15.5 Å². The van der Waals surface area contributed by atoms with Crippen LogP contribution in [-0.2, 0) is 16.2 Å². The van der Waals surface area contributed by atoms with Gasteiger partial charge in [0.05, 0.1) is 6.21 Å². The largest absolute Gasteiger partial charge is 0.488 e. The van der Waals surface area contributed by atoms with Crippen molar-refractivity contribution in [2.45, 2.75) is 13.5 Å². The van der Waals surface area contributed by atoms with Crippen LogP contribution in [0.5, 0.6) is 5.75 Å². The first-order valence-electron chi connectivity index (χ1n) is 9.30. The zero-order valence-corrected chi connectivity index (χ0v) is 18.9. The van der Waals surface area contributed by atoms with Gasteiger partial charge in [-0.2, -0.15) is 5.10 Å². The molecule has 2 amide bonds. The van der Waals surface area contributed by atoms with Gasteiger partial charge in [-0.1, -0.05) is 63.9 Å². The zero-order chi connectivity index (χ0) is 22.2. The molecule has 2 N–H and O–H groups in total. The van der Waals surface area contributed by atoms with Gasteiger partial charge in [0.25, 0.3) is 0 Å². The molecule has 3 aromatic carbocycles. The molecular formula is C23H19BrClN3O3. The molecule has 8 heteroatoms. The Morgan fingerprint density at radius 2 is 1.84 bits per heavy atom. The molecule has 0 aliphatic heterocycles. The Labute approximate surface area is 193 Å². The van der Waals surface area contributed by atoms with Crippen molar-refractivity contribution in [2.24, 2.45) is 5.10 Å². The number of benzene rings is 3. The number of hydrogen-bond acceptors (Lipinski definition) is 4. The van der Waals surface area contributed by atoms with E-state index >= 15 is 0 Å². The number of anilines is 1. The SMILES string of the molecule is Cc1c(Cl)cccc1NC(=O)C(=O)NN=Cc1cc(Br)ccc1OCc1ccccc1. The quantitative estimate of drug-likeness (QED) is 0.281. The van der Waals surface area contributed by atoms with Gasteiger partial charge in [0, 0.05) is 20.7 Å². The van der Waals surface area contributed by atoms with Gasteiger partial charge in [-0.25, -0.2) is 5.43 Å². The Morgan fingerprint density at radius 3 is 2.61 bits per heavy atom. The Morgan fingerprint density at radius 1 is 1.06 bits per heavy atom. The number of rotatable bonds is 6. The molecule has 0 unspecified atom stereocenters. The van der Waals surface area contributed by atoms with Gasteiger partial charge in [0.2, 0.25) is 0 Å². The van der Waals surface area contributed by atoms with Crippen LogP contribution in [0.15, 0.2) is 76.3 Å². The molecule has 3 aromatic rings. The molecule has 0 saturated carbocycles. The minimum absolute atomic E-state index is 0.386. The van der Waals surface area contributed by atoms with Crippen molar-refractivity contribution in [1.29, 1.82) is 0 Å². The fourth-order valence-corrected chi connectivity index (χ4v) is 3.17. The lowest BCUT2D eigenvalue weighted by Crippen LogP contribution is -2.32. The molecule has 0 saturated heterocycles. The summed E-state index contributed by atoms with van der Waals surface area (Å²) in [6.07, 6.45) is 1.42. The molecule has 0 bridgehead atoms. The van der Waals surface area contributed by atoms with Gasteiger partial charge in [-0.3, -0.25) is 9.59 Å². The first-order chi connectivity index (χ1) is 14.9. The van der Waals surface area contributed by atoms with Crippen molar-refractivity contribution in [3.05, 3.63) is 92.9 Å². The predicted octanol–water partition coefficient (Wildman–Crippen LogP) is 5.08. The number of hydrazone groups is 1. The second kappa shape index (κ2) is 10.7. The van der Waals surface area contributed by atoms with Crippen LogP contribution in [0.1, 0.15) is 16.7 Å². The number of nitrogens with one attached hydrogen (secondary N) is 2. The Kier molecular flexibility index (Phi) is 7.81. The van der Waals surface area contributed by atoms with Gasteiger partial charge in [0.15, 0.2) is 0 Å². The van der Waals surface area contributed by atoms with Gasteiger partial charge in [0.1, 0.15) is 12.4 Å². The van der Waals surface area contributed by atoms with E-state index in [1.807, 2.05) is 36.4 Å². The topological polar surface area (TPSA) is 79.8 Å². The van der Waals surface area contributed by atoms with Gasteiger partial charge < -0.3 is 10.1 Å². The van der Waals surface area contributed by atoms with E-state index in [2.05, 4.69) is 31.8 Å². The first-order valence-corrected chi connectivity index (χ1v) is 10.5. The smallest absolute Gasteiger partial charge is 0.329 e. The average molecular weight is 501 g/mol. The van der Waals surface area contributed by atoms with E-state index in [0.717, 1.165) is 10.0 Å². The molecule has 0 heterocycles. The maximum atomic E-state index is 12.1. The summed E-state index contributed by atoms with van der Waals surface area (Å²) in [7, 11) is 0. The maximum Gasteiger partial charge on any atom is 0.329 e. The standard InChI is InChI=1S/C23H19BrClN3O3/c1-15-19(25)8-5-9-20(15)27-22(29)23(30)28-26-13-17-12-18(24)10-11-21(17)31-14-16-6-3-2-4-7-16/h2-13H,14H2,1H3,(H,27,29)(H,28,30). The van der Waals surface area contributed by atoms with E-state index in [1.54, 1.807) is 37.3 Å². The van der Waals surface area contributed by atoms with Crippen molar-refractivity contribution < 1.29 is 14.3 Å². The Bertz CT molecular complexity index is 1120. The predicted molar refractivity (Wildman–Crippen MR) is 125 cm³/mol. The first kappa shape index (κ1) is 22.5. The third-order valence-corrected chi connectivity index (χ3v) is 5.20. The Hall–Kier alpha value is -3.16. The fraction of sp³-hybridized carbons (Fsp3) is 0.0870. The molecular weight excluding hydrogens is 482 g/mol. The lowest BCUT2D eigenvalue weighted by atomic mass is 10.2. The monoisotopic (exact) mass is 499 g/mol. The number of halogens is 2. The number of ether oxygens (including phenoxy) is 1. The minimum Gasteiger partial charge on any atom is -0.488 e. The fourth-order valence-electron chi connectivity index (χ4n) is 2.62. The zero-order valence-electron chi connectivity index (χ0n) is 16.6. The molecule has 0 fully saturated rings. The van der Waals surface area contributed by atoms with E-state index in [-0.39, 0.29) is 0 Å². The summed E-state index contributed by atoms with van der Waals surface area (Å²) in [6.45, 7) is 2.13. The van der Waals surface area contributed by atoms with Crippen molar-refractivity contribution >= 4 is 51.2 Å². The van der Waals surface area contributed by atoms with Crippen LogP contribution in [0.2, 0.25) is 5.02 Å². The highest BCUT2D eigenvalue weighted by atomic mass is 79.9. The van der Waals surface area contributed by atoms with Gasteiger partial charge in [-0.05, 0) is 48.4 Å². The highest BCUT2D eigenvalue weighted by Gasteiger charge is 2.14. The summed E-state index contributed by atoms with van der Waals surface area (Å²) in [5.74, 6) is -1.17. The third kappa shape index (κ3) is 6.41. The van der Waals surface area contributed by atoms with Gasteiger partial charge in [-0.15, -0.1) is 0 Å². The van der Waals surface area contributed by atoms with Crippen LogP contribution in [0.4, 0.5) is 5.69 Å². The normalized spacial score (nSPS) is 10.7. The number of hydrogen-bond donors (Lipinski definition) is 2. The summed E-state index contributed by atoms with van der Waals surface area (Å²) >= 11 is 9.44. The molecule has 158 valence electrons. The summed E-state index contributed by atoms with van der Waals surface area (Å²) in [4.78, 5) is 24.2. The van der Waals surface area contributed by atoms with E-state index in [4.69, 9.17) is 16.3 Å². The summed E-state index contributed by atoms with van der Waals surface area (Å²) in [5.41, 5.74) is 5.01. The van der Waals surface area contributed by atoms with Crippen molar-refractivity contribution in [3.8, 4) is 5.75 Å². The van der Waals surface area contributed by atoms with Gasteiger partial charge >= 0.3 is 11.8 Å². The average Bonchev–Trinajstić information content (AvgIpc) is 2.77. The van der Waals surface area contributed by atoms with E-state index in [0.29, 0.717) is 34.2 Å². The van der Waals surface area contributed by atoms with Crippen LogP contribution in [0.3, 0.4) is 0 Å². The number of carbonyl (C=O) groups excluding carboxylic acids is 2. The molecule has 0 spiro atoms. The Balaban J connectivity index is 1.63. The van der Waals surface area contributed by atoms with E-state index in [1.165, 1.54) is 6.21 Å². The highest BCUT2D eigenvalue weighted by Crippen LogP contribution is 2.24. The molecule has 6 nitrogen and oxygen atoms in total. The molecule has 0 aliphatic rings. The summed E-state index contributed by atoms with van der Waals surface area (Å²) < 4.78 is 6.69. The van der Waals surface area contributed by atoms with Crippen LogP contribution in [-0.4, -0.2) is 18.0 Å². The molecule has 0 atom stereocenters. The molecule has 0 radical (unpaired) electrons. The second-order valence-corrected chi connectivity index (χ2v) is 7.84. The number of carbonyl (C=O) groups is 2. The molecule has 0 aliphatic carbocycles. The summed E-state index contributed by atoms with van der Waals surface area (Å²) in [5, 5.41) is 6.90. The minimum atomic E-state index is -0.905. The van der Waals surface area contributed by atoms with Crippen molar-refractivity contribution in [2.75, 3.05) is 5.32 Å². The van der Waals surface area contributed by atoms with Crippen molar-refractivity contribution in [1.82, 2.24) is 5.43 Å². The lowest BCUT2D eigenvalue weighted by Gasteiger charge is -2.10. The molecule has 0 aromatic heterocycles. The van der Waals surface area contributed by atoms with E-state index < -0.39 is 11.8 Å². The summed E-state index contributed by atoms with van der Waals surface area (Å²) in [6, 6.07) is 20.2. The highest BCUT2D eigenvalue weighted by molar-refractivity contribution is 9.10. The van der Waals surface area contributed by atoms with E-state index in [9.17, 15) is 9.59 Å². The molecule has 31 heavy (non-hydrogen) atoms. The lowest BCUT2D eigenvalue weighted by molar-refractivity contribution is -0.136.